The molecular formula is C8H14N2OS. The molecule has 1 heterocycles. The lowest BCUT2D eigenvalue weighted by Gasteiger charge is -1.97. The summed E-state index contributed by atoms with van der Waals surface area (Å²) in [7, 11) is 0. The number of hydrogen-bond donors (Lipinski definition) is 1. The van der Waals surface area contributed by atoms with Crippen molar-refractivity contribution in [1.82, 2.24) is 4.98 Å². The minimum atomic E-state index is 0.654. The molecule has 68 valence electrons. The Morgan fingerprint density at radius 2 is 2.50 bits per heavy atom. The molecule has 0 aliphatic heterocycles. The van der Waals surface area contributed by atoms with Gasteiger partial charge in [-0.05, 0) is 19.8 Å². The van der Waals surface area contributed by atoms with E-state index < -0.39 is 0 Å². The Bertz CT molecular complexity index is 225. The summed E-state index contributed by atoms with van der Waals surface area (Å²) in [6.45, 7) is 3.63. The normalized spacial score (nSPS) is 10.4. The lowest BCUT2D eigenvalue weighted by Crippen LogP contribution is -1.94. The lowest BCUT2D eigenvalue weighted by atomic mass is 10.3. The summed E-state index contributed by atoms with van der Waals surface area (Å²) in [6, 6.07) is 0. The van der Waals surface area contributed by atoms with Gasteiger partial charge >= 0.3 is 0 Å². The van der Waals surface area contributed by atoms with E-state index in [0.29, 0.717) is 5.13 Å². The van der Waals surface area contributed by atoms with Gasteiger partial charge in [-0.3, -0.25) is 0 Å². The first kappa shape index (κ1) is 9.48. The maximum atomic E-state index is 5.49. The molecule has 1 aromatic heterocycles. The molecular weight excluding hydrogens is 172 g/mol. The molecule has 1 rings (SSSR count). The number of ether oxygens (including phenoxy) is 1. The van der Waals surface area contributed by atoms with Gasteiger partial charge in [-0.2, -0.15) is 0 Å². The van der Waals surface area contributed by atoms with E-state index in [1.165, 1.54) is 4.88 Å². The second-order valence-electron chi connectivity index (χ2n) is 2.47. The van der Waals surface area contributed by atoms with Crippen LogP contribution in [0.3, 0.4) is 0 Å². The summed E-state index contributed by atoms with van der Waals surface area (Å²) >= 11 is 1.56. The highest BCUT2D eigenvalue weighted by Gasteiger charge is 1.97. The van der Waals surface area contributed by atoms with Crippen LogP contribution in [0.15, 0.2) is 6.20 Å². The molecule has 0 saturated heterocycles. The first-order valence-electron chi connectivity index (χ1n) is 4.11. The average Bonchev–Trinajstić information content (AvgIpc) is 2.45. The maximum absolute atomic E-state index is 5.49. The molecule has 0 aliphatic rings. The van der Waals surface area contributed by atoms with E-state index in [0.717, 1.165) is 26.1 Å². The van der Waals surface area contributed by atoms with Crippen molar-refractivity contribution in [2.75, 3.05) is 18.9 Å². The number of hydrogen-bond acceptors (Lipinski definition) is 4. The van der Waals surface area contributed by atoms with Crippen molar-refractivity contribution in [1.29, 1.82) is 0 Å². The number of nitrogen functional groups attached to an aromatic ring is 1. The van der Waals surface area contributed by atoms with Crippen molar-refractivity contribution in [3.63, 3.8) is 0 Å². The van der Waals surface area contributed by atoms with Crippen LogP contribution in [0, 0.1) is 0 Å². The minimum Gasteiger partial charge on any atom is -0.382 e. The number of nitrogens with zero attached hydrogens (tertiary/aromatic N) is 1. The molecule has 2 N–H and O–H groups in total. The number of rotatable bonds is 5. The summed E-state index contributed by atoms with van der Waals surface area (Å²) in [5, 5.41) is 0.654. The van der Waals surface area contributed by atoms with Crippen molar-refractivity contribution < 1.29 is 4.74 Å². The Hall–Kier alpha value is -0.610. The molecule has 4 heteroatoms. The van der Waals surface area contributed by atoms with E-state index in [9.17, 15) is 0 Å². The highest BCUT2D eigenvalue weighted by Crippen LogP contribution is 2.15. The van der Waals surface area contributed by atoms with Gasteiger partial charge in [-0.15, -0.1) is 11.3 Å². The fourth-order valence-electron chi connectivity index (χ4n) is 0.931. The van der Waals surface area contributed by atoms with E-state index in [2.05, 4.69) is 4.98 Å². The fourth-order valence-corrected chi connectivity index (χ4v) is 1.66. The third-order valence-corrected chi connectivity index (χ3v) is 2.37. The van der Waals surface area contributed by atoms with Gasteiger partial charge in [0.15, 0.2) is 5.13 Å². The van der Waals surface area contributed by atoms with Gasteiger partial charge in [0.1, 0.15) is 0 Å². The fraction of sp³-hybridized carbons (Fsp3) is 0.625. The number of anilines is 1. The van der Waals surface area contributed by atoms with Crippen LogP contribution in [-0.2, 0) is 11.2 Å². The van der Waals surface area contributed by atoms with Crippen LogP contribution in [0.5, 0.6) is 0 Å². The number of aromatic nitrogens is 1. The summed E-state index contributed by atoms with van der Waals surface area (Å²) < 4.78 is 5.21. The lowest BCUT2D eigenvalue weighted by molar-refractivity contribution is 0.145. The first-order valence-corrected chi connectivity index (χ1v) is 4.92. The zero-order chi connectivity index (χ0) is 8.81. The monoisotopic (exact) mass is 186 g/mol. The van der Waals surface area contributed by atoms with E-state index in [4.69, 9.17) is 10.5 Å². The van der Waals surface area contributed by atoms with Crippen molar-refractivity contribution in [2.24, 2.45) is 0 Å². The van der Waals surface area contributed by atoms with E-state index >= 15 is 0 Å². The Kier molecular flexibility index (Phi) is 4.04. The predicted molar refractivity (Wildman–Crippen MR) is 51.3 cm³/mol. The number of aryl methyl sites for hydroxylation is 1. The van der Waals surface area contributed by atoms with Crippen molar-refractivity contribution in [3.05, 3.63) is 11.1 Å². The average molecular weight is 186 g/mol. The molecule has 0 fully saturated rings. The molecule has 0 saturated carbocycles. The van der Waals surface area contributed by atoms with Gasteiger partial charge in [0.2, 0.25) is 0 Å². The molecule has 12 heavy (non-hydrogen) atoms. The Morgan fingerprint density at radius 1 is 1.67 bits per heavy atom. The van der Waals surface area contributed by atoms with Gasteiger partial charge < -0.3 is 10.5 Å². The van der Waals surface area contributed by atoms with Gasteiger partial charge in [0.25, 0.3) is 0 Å². The molecule has 0 aliphatic carbocycles. The van der Waals surface area contributed by atoms with Crippen LogP contribution >= 0.6 is 11.3 Å². The second kappa shape index (κ2) is 5.11. The van der Waals surface area contributed by atoms with Gasteiger partial charge in [-0.25, -0.2) is 4.98 Å². The van der Waals surface area contributed by atoms with Crippen LogP contribution < -0.4 is 5.73 Å². The number of nitrogens with two attached hydrogens (primary N) is 1. The van der Waals surface area contributed by atoms with Crippen molar-refractivity contribution in [2.45, 2.75) is 19.8 Å². The quantitative estimate of drug-likeness (QED) is 0.712. The molecule has 0 amide bonds. The first-order chi connectivity index (χ1) is 5.83. The third-order valence-electron chi connectivity index (χ3n) is 1.49. The Morgan fingerprint density at radius 3 is 3.08 bits per heavy atom. The molecule has 0 unspecified atom stereocenters. The zero-order valence-corrected chi connectivity index (χ0v) is 8.06. The van der Waals surface area contributed by atoms with Crippen molar-refractivity contribution >= 4 is 16.5 Å². The summed E-state index contributed by atoms with van der Waals surface area (Å²) in [5.41, 5.74) is 5.49. The van der Waals surface area contributed by atoms with Crippen LogP contribution in [0.25, 0.3) is 0 Å². The maximum Gasteiger partial charge on any atom is 0.180 e. The Balaban J connectivity index is 2.15. The van der Waals surface area contributed by atoms with Gasteiger partial charge in [0.05, 0.1) is 0 Å². The van der Waals surface area contributed by atoms with Gasteiger partial charge in [-0.1, -0.05) is 0 Å². The molecule has 0 aromatic carbocycles. The summed E-state index contributed by atoms with van der Waals surface area (Å²) in [4.78, 5) is 5.21. The molecule has 1 aromatic rings. The zero-order valence-electron chi connectivity index (χ0n) is 7.25. The topological polar surface area (TPSA) is 48.1 Å². The third kappa shape index (κ3) is 3.19. The SMILES string of the molecule is CCOCCCc1cnc(N)s1. The summed E-state index contributed by atoms with van der Waals surface area (Å²) in [5.74, 6) is 0. The Labute approximate surface area is 76.6 Å². The van der Waals surface area contributed by atoms with Crippen LogP contribution in [0.4, 0.5) is 5.13 Å². The molecule has 3 nitrogen and oxygen atoms in total. The second-order valence-corrected chi connectivity index (χ2v) is 3.61. The van der Waals surface area contributed by atoms with Crippen LogP contribution in [0.1, 0.15) is 18.2 Å². The van der Waals surface area contributed by atoms with E-state index in [-0.39, 0.29) is 0 Å². The molecule has 0 atom stereocenters. The molecule has 0 bridgehead atoms. The smallest absolute Gasteiger partial charge is 0.180 e. The van der Waals surface area contributed by atoms with E-state index in [1.54, 1.807) is 11.3 Å². The standard InChI is InChI=1S/C8H14N2OS/c1-2-11-5-3-4-7-6-10-8(9)12-7/h6H,2-5H2,1H3,(H2,9,10). The van der Waals surface area contributed by atoms with Crippen LogP contribution in [0.2, 0.25) is 0 Å². The van der Waals surface area contributed by atoms with Crippen molar-refractivity contribution in [3.8, 4) is 0 Å². The minimum absolute atomic E-state index is 0.654. The number of thiazole rings is 1. The van der Waals surface area contributed by atoms with Gasteiger partial charge in [0, 0.05) is 24.3 Å². The summed E-state index contributed by atoms with van der Waals surface area (Å²) in [6.07, 6.45) is 3.91. The highest BCUT2D eigenvalue weighted by molar-refractivity contribution is 7.15. The van der Waals surface area contributed by atoms with E-state index in [1.807, 2.05) is 13.1 Å². The highest BCUT2D eigenvalue weighted by atomic mass is 32.1. The van der Waals surface area contributed by atoms with Crippen LogP contribution in [-0.4, -0.2) is 18.2 Å². The molecule has 0 spiro atoms. The molecule has 0 radical (unpaired) electrons. The predicted octanol–water partition coefficient (Wildman–Crippen LogP) is 1.69. The largest absolute Gasteiger partial charge is 0.382 e.